The number of nitrogens with one attached hydrogen (secondary N) is 1. The highest BCUT2D eigenvalue weighted by Crippen LogP contribution is 2.23. The Labute approximate surface area is 119 Å². The number of hydrogen-bond donors (Lipinski definition) is 2. The number of nitrogens with zero attached hydrogens (tertiary/aromatic N) is 2. The Kier molecular flexibility index (Phi) is 3.87. The second kappa shape index (κ2) is 5.79. The normalized spacial score (nSPS) is 22.8. The van der Waals surface area contributed by atoms with E-state index in [1.54, 1.807) is 0 Å². The molecule has 3 N–H and O–H groups in total. The number of pyridine rings is 1. The van der Waals surface area contributed by atoms with Gasteiger partial charge in [-0.3, -0.25) is 4.79 Å². The highest BCUT2D eigenvalue weighted by Gasteiger charge is 2.27. The van der Waals surface area contributed by atoms with Gasteiger partial charge in [-0.15, -0.1) is 0 Å². The van der Waals surface area contributed by atoms with Crippen molar-refractivity contribution in [1.82, 2.24) is 10.3 Å². The summed E-state index contributed by atoms with van der Waals surface area (Å²) in [6.45, 7) is 1.73. The third-order valence-electron chi connectivity index (χ3n) is 4.11. The average Bonchev–Trinajstić information content (AvgIpc) is 3.30. The number of primary amides is 1. The lowest BCUT2D eigenvalue weighted by Gasteiger charge is -2.34. The van der Waals surface area contributed by atoms with Crippen molar-refractivity contribution in [1.29, 1.82) is 0 Å². The summed E-state index contributed by atoms with van der Waals surface area (Å²) in [7, 11) is 0. The minimum atomic E-state index is -0.244. The van der Waals surface area contributed by atoms with Crippen molar-refractivity contribution in [3.8, 4) is 0 Å². The lowest BCUT2D eigenvalue weighted by Crippen LogP contribution is -2.48. The largest absolute Gasteiger partial charge is 0.368 e. The van der Waals surface area contributed by atoms with Crippen LogP contribution in [0.15, 0.2) is 18.3 Å². The van der Waals surface area contributed by atoms with Crippen LogP contribution in [0, 0.1) is 0 Å². The van der Waals surface area contributed by atoms with Gasteiger partial charge in [0, 0.05) is 25.3 Å². The van der Waals surface area contributed by atoms with Crippen LogP contribution in [0.2, 0.25) is 0 Å². The first-order valence-electron chi connectivity index (χ1n) is 7.48. The Morgan fingerprint density at radius 3 is 2.85 bits per heavy atom. The molecule has 1 aliphatic heterocycles. The first-order valence-corrected chi connectivity index (χ1v) is 7.48. The minimum Gasteiger partial charge on any atom is -0.368 e. The van der Waals surface area contributed by atoms with Crippen molar-refractivity contribution >= 4 is 11.7 Å². The van der Waals surface area contributed by atoms with Crippen molar-refractivity contribution in [3.63, 3.8) is 0 Å². The molecule has 2 heterocycles. The van der Waals surface area contributed by atoms with Crippen LogP contribution in [0.5, 0.6) is 0 Å². The quantitative estimate of drug-likeness (QED) is 0.845. The van der Waals surface area contributed by atoms with Gasteiger partial charge in [0.1, 0.15) is 11.9 Å². The summed E-state index contributed by atoms with van der Waals surface area (Å²) in [5.41, 5.74) is 6.68. The van der Waals surface area contributed by atoms with Crippen LogP contribution in [-0.2, 0) is 11.3 Å². The van der Waals surface area contributed by atoms with E-state index in [2.05, 4.69) is 16.4 Å². The fraction of sp³-hybridized carbons (Fsp3) is 0.600. The number of rotatable bonds is 5. The maximum Gasteiger partial charge on any atom is 0.240 e. The Hall–Kier alpha value is -1.62. The molecule has 5 heteroatoms. The number of carbonyl (C=O) groups excluding carboxylic acids is 1. The Balaban J connectivity index is 1.66. The molecule has 1 atom stereocenters. The number of carbonyl (C=O) groups is 1. The molecular formula is C15H22N4O. The molecule has 1 aromatic heterocycles. The van der Waals surface area contributed by atoms with Gasteiger partial charge in [-0.2, -0.15) is 0 Å². The molecule has 0 spiro atoms. The zero-order valence-electron chi connectivity index (χ0n) is 11.7. The van der Waals surface area contributed by atoms with Crippen molar-refractivity contribution < 1.29 is 4.79 Å². The summed E-state index contributed by atoms with van der Waals surface area (Å²) < 4.78 is 0. The molecule has 1 saturated heterocycles. The van der Waals surface area contributed by atoms with Crippen LogP contribution < -0.4 is 16.0 Å². The maximum absolute atomic E-state index is 11.5. The average molecular weight is 274 g/mol. The first-order chi connectivity index (χ1) is 9.74. The van der Waals surface area contributed by atoms with E-state index >= 15 is 0 Å². The summed E-state index contributed by atoms with van der Waals surface area (Å²) >= 11 is 0. The summed E-state index contributed by atoms with van der Waals surface area (Å²) in [5.74, 6) is 0.620. The molecule has 0 bridgehead atoms. The molecule has 108 valence electrons. The topological polar surface area (TPSA) is 71.2 Å². The fourth-order valence-electron chi connectivity index (χ4n) is 2.74. The molecule has 1 amide bonds. The standard InChI is InChI=1S/C15H22N4O/c16-15(20)13-3-1-2-8-19(13)14-7-4-11(10-18-14)9-17-12-5-6-12/h4,7,10,12-13,17H,1-3,5-6,8-9H2,(H2,16,20). The lowest BCUT2D eigenvalue weighted by atomic mass is 10.0. The Morgan fingerprint density at radius 1 is 1.35 bits per heavy atom. The van der Waals surface area contributed by atoms with Gasteiger partial charge >= 0.3 is 0 Å². The third-order valence-corrected chi connectivity index (χ3v) is 4.11. The van der Waals surface area contributed by atoms with Crippen LogP contribution in [-0.4, -0.2) is 29.5 Å². The minimum absolute atomic E-state index is 0.202. The Morgan fingerprint density at radius 2 is 2.20 bits per heavy atom. The number of piperidine rings is 1. The summed E-state index contributed by atoms with van der Waals surface area (Å²) in [4.78, 5) is 18.1. The van der Waals surface area contributed by atoms with E-state index < -0.39 is 0 Å². The van der Waals surface area contributed by atoms with Gasteiger partial charge in [0.15, 0.2) is 0 Å². The van der Waals surface area contributed by atoms with E-state index in [4.69, 9.17) is 5.73 Å². The third kappa shape index (κ3) is 3.10. The van der Waals surface area contributed by atoms with Gasteiger partial charge in [-0.25, -0.2) is 4.98 Å². The number of aromatic nitrogens is 1. The molecule has 2 aliphatic rings. The van der Waals surface area contributed by atoms with E-state index in [0.29, 0.717) is 6.04 Å². The van der Waals surface area contributed by atoms with E-state index in [0.717, 1.165) is 38.2 Å². The molecule has 3 rings (SSSR count). The van der Waals surface area contributed by atoms with Crippen LogP contribution in [0.25, 0.3) is 0 Å². The second-order valence-electron chi connectivity index (χ2n) is 5.79. The van der Waals surface area contributed by atoms with Crippen molar-refractivity contribution in [2.75, 3.05) is 11.4 Å². The molecule has 0 aromatic carbocycles. The molecule has 0 radical (unpaired) electrons. The lowest BCUT2D eigenvalue weighted by molar-refractivity contribution is -0.119. The molecule has 1 aliphatic carbocycles. The maximum atomic E-state index is 11.5. The number of anilines is 1. The van der Waals surface area contributed by atoms with Gasteiger partial charge in [0.2, 0.25) is 5.91 Å². The van der Waals surface area contributed by atoms with E-state index in [1.165, 1.54) is 18.4 Å². The SMILES string of the molecule is NC(=O)C1CCCCN1c1ccc(CNC2CC2)cn1. The predicted molar refractivity (Wildman–Crippen MR) is 78.3 cm³/mol. The predicted octanol–water partition coefficient (Wildman–Crippen LogP) is 1.18. The van der Waals surface area contributed by atoms with E-state index in [-0.39, 0.29) is 11.9 Å². The highest BCUT2D eigenvalue weighted by atomic mass is 16.1. The number of nitrogens with two attached hydrogens (primary N) is 1. The van der Waals surface area contributed by atoms with Crippen LogP contribution in [0.3, 0.4) is 0 Å². The van der Waals surface area contributed by atoms with Gasteiger partial charge in [0.05, 0.1) is 0 Å². The van der Waals surface area contributed by atoms with Gasteiger partial charge in [-0.05, 0) is 43.7 Å². The molecule has 1 saturated carbocycles. The molecule has 20 heavy (non-hydrogen) atoms. The monoisotopic (exact) mass is 274 g/mol. The molecule has 1 aromatic rings. The second-order valence-corrected chi connectivity index (χ2v) is 5.79. The summed E-state index contributed by atoms with van der Waals surface area (Å²) in [5, 5.41) is 3.47. The zero-order chi connectivity index (χ0) is 13.9. The van der Waals surface area contributed by atoms with Crippen molar-refractivity contribution in [2.45, 2.75) is 50.7 Å². The molecular weight excluding hydrogens is 252 g/mol. The molecule has 1 unspecified atom stereocenters. The summed E-state index contributed by atoms with van der Waals surface area (Å²) in [6.07, 6.45) is 7.47. The van der Waals surface area contributed by atoms with Crippen molar-refractivity contribution in [3.05, 3.63) is 23.9 Å². The summed E-state index contributed by atoms with van der Waals surface area (Å²) in [6, 6.07) is 4.60. The van der Waals surface area contributed by atoms with Crippen LogP contribution >= 0.6 is 0 Å². The smallest absolute Gasteiger partial charge is 0.240 e. The highest BCUT2D eigenvalue weighted by molar-refractivity contribution is 5.83. The fourth-order valence-corrected chi connectivity index (χ4v) is 2.74. The zero-order valence-corrected chi connectivity index (χ0v) is 11.7. The van der Waals surface area contributed by atoms with E-state index in [9.17, 15) is 4.79 Å². The molecule has 2 fully saturated rings. The van der Waals surface area contributed by atoms with Gasteiger partial charge < -0.3 is 16.0 Å². The number of amides is 1. The Bertz CT molecular complexity index is 469. The van der Waals surface area contributed by atoms with Gasteiger partial charge in [-0.1, -0.05) is 6.07 Å². The van der Waals surface area contributed by atoms with Crippen molar-refractivity contribution in [2.24, 2.45) is 5.73 Å². The van der Waals surface area contributed by atoms with Gasteiger partial charge in [0.25, 0.3) is 0 Å². The molecule has 5 nitrogen and oxygen atoms in total. The van der Waals surface area contributed by atoms with Crippen LogP contribution in [0.4, 0.5) is 5.82 Å². The van der Waals surface area contributed by atoms with E-state index in [1.807, 2.05) is 17.2 Å². The number of hydrogen-bond acceptors (Lipinski definition) is 4. The first kappa shape index (κ1) is 13.4. The van der Waals surface area contributed by atoms with Crippen LogP contribution in [0.1, 0.15) is 37.7 Å².